The molecule has 0 saturated carbocycles. The van der Waals surface area contributed by atoms with Crippen LogP contribution < -0.4 is 10.2 Å². The Labute approximate surface area is 174 Å². The lowest BCUT2D eigenvalue weighted by Crippen LogP contribution is -2.48. The zero-order valence-electron chi connectivity index (χ0n) is 18.5. The molecule has 0 spiro atoms. The Balaban J connectivity index is 1.89. The summed E-state index contributed by atoms with van der Waals surface area (Å²) in [5, 5.41) is 3.61. The molecule has 2 heterocycles. The third-order valence-electron chi connectivity index (χ3n) is 5.50. The first-order valence-corrected chi connectivity index (χ1v) is 10.5. The van der Waals surface area contributed by atoms with Gasteiger partial charge in [-0.05, 0) is 29.9 Å². The lowest BCUT2D eigenvalue weighted by atomic mass is 9.92. The fourth-order valence-electron chi connectivity index (χ4n) is 3.85. The lowest BCUT2D eigenvalue weighted by Gasteiger charge is -2.35. The van der Waals surface area contributed by atoms with Crippen molar-refractivity contribution in [3.63, 3.8) is 0 Å². The zero-order valence-corrected chi connectivity index (χ0v) is 18.5. The number of nitrogens with zero attached hydrogens (tertiary/aromatic N) is 4. The number of rotatable bonds is 5. The van der Waals surface area contributed by atoms with Gasteiger partial charge in [-0.15, -0.1) is 0 Å². The van der Waals surface area contributed by atoms with Gasteiger partial charge in [-0.1, -0.05) is 45.9 Å². The van der Waals surface area contributed by atoms with E-state index in [9.17, 15) is 4.79 Å². The van der Waals surface area contributed by atoms with E-state index in [-0.39, 0.29) is 5.91 Å². The molecular formula is C23H33N5O. The van der Waals surface area contributed by atoms with Crippen LogP contribution in [0.25, 0.3) is 0 Å². The maximum Gasteiger partial charge on any atom is 0.219 e. The Morgan fingerprint density at radius 2 is 1.59 bits per heavy atom. The van der Waals surface area contributed by atoms with Crippen molar-refractivity contribution >= 4 is 23.2 Å². The second-order valence-corrected chi connectivity index (χ2v) is 8.40. The van der Waals surface area contributed by atoms with Crippen LogP contribution in [0, 0.1) is 6.92 Å². The molecule has 1 aromatic carbocycles. The van der Waals surface area contributed by atoms with Gasteiger partial charge < -0.3 is 15.1 Å². The summed E-state index contributed by atoms with van der Waals surface area (Å²) in [5.41, 5.74) is 3.75. The van der Waals surface area contributed by atoms with Crippen molar-refractivity contribution in [2.24, 2.45) is 0 Å². The third-order valence-corrected chi connectivity index (χ3v) is 5.50. The summed E-state index contributed by atoms with van der Waals surface area (Å²) in [4.78, 5) is 25.0. The first kappa shape index (κ1) is 21.1. The first-order valence-electron chi connectivity index (χ1n) is 10.5. The largest absolute Gasteiger partial charge is 0.353 e. The molecule has 0 radical (unpaired) electrons. The van der Waals surface area contributed by atoms with E-state index >= 15 is 0 Å². The van der Waals surface area contributed by atoms with Gasteiger partial charge in [0, 0.05) is 44.9 Å². The molecular weight excluding hydrogens is 362 g/mol. The highest BCUT2D eigenvalue weighted by atomic mass is 16.2. The molecule has 1 aliphatic rings. The van der Waals surface area contributed by atoms with Crippen LogP contribution in [0.2, 0.25) is 0 Å². The number of benzene rings is 1. The molecule has 2 aromatic rings. The number of aryl methyl sites for hydroxylation is 1. The summed E-state index contributed by atoms with van der Waals surface area (Å²) in [7, 11) is 0. The van der Waals surface area contributed by atoms with Crippen LogP contribution >= 0.6 is 0 Å². The number of para-hydroxylation sites is 1. The molecule has 1 N–H and O–H groups in total. The number of carbonyl (C=O) groups is 1. The minimum Gasteiger partial charge on any atom is -0.353 e. The SMILES string of the molecule is CC(=O)N1CCN(c2cc(Nc3c(C(C)C)cccc3C(C)C)nc(C)n2)CC1. The minimum absolute atomic E-state index is 0.136. The number of hydrogen-bond donors (Lipinski definition) is 1. The average Bonchev–Trinajstić information content (AvgIpc) is 2.67. The van der Waals surface area contributed by atoms with Crippen molar-refractivity contribution in [1.29, 1.82) is 0 Å². The quantitative estimate of drug-likeness (QED) is 0.811. The number of nitrogens with one attached hydrogen (secondary N) is 1. The van der Waals surface area contributed by atoms with Crippen LogP contribution in [0.1, 0.15) is 63.4 Å². The second-order valence-electron chi connectivity index (χ2n) is 8.40. The van der Waals surface area contributed by atoms with E-state index in [1.54, 1.807) is 6.92 Å². The number of hydrogen-bond acceptors (Lipinski definition) is 5. The van der Waals surface area contributed by atoms with E-state index < -0.39 is 0 Å². The highest BCUT2D eigenvalue weighted by Gasteiger charge is 2.21. The molecule has 3 rings (SSSR count). The van der Waals surface area contributed by atoms with Gasteiger partial charge in [0.25, 0.3) is 0 Å². The van der Waals surface area contributed by atoms with Crippen molar-refractivity contribution in [1.82, 2.24) is 14.9 Å². The van der Waals surface area contributed by atoms with Crippen LogP contribution in [0.3, 0.4) is 0 Å². The number of carbonyl (C=O) groups excluding carboxylic acids is 1. The van der Waals surface area contributed by atoms with Crippen molar-refractivity contribution in [2.45, 2.75) is 53.4 Å². The monoisotopic (exact) mass is 395 g/mol. The predicted octanol–water partition coefficient (Wildman–Crippen LogP) is 4.44. The van der Waals surface area contributed by atoms with E-state index in [1.807, 2.05) is 17.9 Å². The maximum absolute atomic E-state index is 11.6. The molecule has 1 fully saturated rings. The van der Waals surface area contributed by atoms with Crippen LogP contribution in [-0.4, -0.2) is 47.0 Å². The molecule has 156 valence electrons. The van der Waals surface area contributed by atoms with E-state index in [2.05, 4.69) is 66.1 Å². The molecule has 0 atom stereocenters. The van der Waals surface area contributed by atoms with Crippen molar-refractivity contribution < 1.29 is 4.79 Å². The van der Waals surface area contributed by atoms with E-state index in [4.69, 9.17) is 0 Å². The second kappa shape index (κ2) is 8.80. The number of piperazine rings is 1. The standard InChI is InChI=1S/C23H33N5O/c1-15(2)19-8-7-9-20(16(3)4)23(19)26-21-14-22(25-17(5)24-21)28-12-10-27(11-13-28)18(6)29/h7-9,14-16H,10-13H2,1-6H3,(H,24,25,26). The van der Waals surface area contributed by atoms with Crippen LogP contribution in [0.5, 0.6) is 0 Å². The van der Waals surface area contributed by atoms with Gasteiger partial charge in [-0.3, -0.25) is 4.79 Å². The number of aromatic nitrogens is 2. The van der Waals surface area contributed by atoms with Gasteiger partial charge in [-0.2, -0.15) is 0 Å². The van der Waals surface area contributed by atoms with Gasteiger partial charge in [0.05, 0.1) is 0 Å². The summed E-state index contributed by atoms with van der Waals surface area (Å²) in [6.45, 7) is 15.5. The zero-order chi connectivity index (χ0) is 21.1. The first-order chi connectivity index (χ1) is 13.8. The van der Waals surface area contributed by atoms with E-state index in [1.165, 1.54) is 11.1 Å². The van der Waals surface area contributed by atoms with Gasteiger partial charge in [0.2, 0.25) is 5.91 Å². The van der Waals surface area contributed by atoms with Crippen molar-refractivity contribution in [3.05, 3.63) is 41.2 Å². The van der Waals surface area contributed by atoms with Crippen LogP contribution in [0.4, 0.5) is 17.3 Å². The number of anilines is 3. The Kier molecular flexibility index (Phi) is 6.40. The normalized spacial score (nSPS) is 14.6. The van der Waals surface area contributed by atoms with Gasteiger partial charge in [-0.25, -0.2) is 9.97 Å². The van der Waals surface area contributed by atoms with Crippen molar-refractivity contribution in [3.8, 4) is 0 Å². The Hall–Kier alpha value is -2.63. The molecule has 0 unspecified atom stereocenters. The molecule has 29 heavy (non-hydrogen) atoms. The third kappa shape index (κ3) is 4.86. The molecule has 1 saturated heterocycles. The van der Waals surface area contributed by atoms with Crippen LogP contribution in [-0.2, 0) is 4.79 Å². The molecule has 1 aromatic heterocycles. The summed E-state index contributed by atoms with van der Waals surface area (Å²) < 4.78 is 0. The fraction of sp³-hybridized carbons (Fsp3) is 0.522. The predicted molar refractivity (Wildman–Crippen MR) is 119 cm³/mol. The maximum atomic E-state index is 11.6. The number of amides is 1. The molecule has 6 nitrogen and oxygen atoms in total. The van der Waals surface area contributed by atoms with Crippen LogP contribution in [0.15, 0.2) is 24.3 Å². The molecule has 6 heteroatoms. The Morgan fingerprint density at radius 3 is 2.10 bits per heavy atom. The Bertz CT molecular complexity index is 843. The van der Waals surface area contributed by atoms with Gasteiger partial charge in [0.15, 0.2) is 0 Å². The van der Waals surface area contributed by atoms with E-state index in [0.717, 1.165) is 49.3 Å². The van der Waals surface area contributed by atoms with Gasteiger partial charge in [0.1, 0.15) is 17.5 Å². The molecule has 1 amide bonds. The minimum atomic E-state index is 0.136. The topological polar surface area (TPSA) is 61.4 Å². The summed E-state index contributed by atoms with van der Waals surface area (Å²) >= 11 is 0. The van der Waals surface area contributed by atoms with Gasteiger partial charge >= 0.3 is 0 Å². The Morgan fingerprint density at radius 1 is 1.00 bits per heavy atom. The molecule has 0 aliphatic carbocycles. The summed E-state index contributed by atoms with van der Waals surface area (Å²) in [6, 6.07) is 8.54. The molecule has 1 aliphatic heterocycles. The summed E-state index contributed by atoms with van der Waals surface area (Å²) in [5.74, 6) is 3.44. The average molecular weight is 396 g/mol. The van der Waals surface area contributed by atoms with Crippen molar-refractivity contribution in [2.75, 3.05) is 36.4 Å². The highest BCUT2D eigenvalue weighted by molar-refractivity contribution is 5.73. The van der Waals surface area contributed by atoms with E-state index in [0.29, 0.717) is 11.8 Å². The highest BCUT2D eigenvalue weighted by Crippen LogP contribution is 2.34. The fourth-order valence-corrected chi connectivity index (χ4v) is 3.85. The summed E-state index contributed by atoms with van der Waals surface area (Å²) in [6.07, 6.45) is 0. The smallest absolute Gasteiger partial charge is 0.219 e. The lowest BCUT2D eigenvalue weighted by molar-refractivity contribution is -0.129. The molecule has 0 bridgehead atoms.